The van der Waals surface area contributed by atoms with E-state index in [4.69, 9.17) is 0 Å². The van der Waals surface area contributed by atoms with Crippen LogP contribution in [-0.2, 0) is 6.54 Å². The monoisotopic (exact) mass is 286 g/mol. The van der Waals surface area contributed by atoms with Gasteiger partial charge in [0.05, 0.1) is 5.56 Å². The number of rotatable bonds is 5. The summed E-state index contributed by atoms with van der Waals surface area (Å²) in [6, 6.07) is 14.3. The molecule has 0 aromatic heterocycles. The Labute approximate surface area is 124 Å². The minimum Gasteiger partial charge on any atom is -0.381 e. The van der Waals surface area contributed by atoms with E-state index in [0.29, 0.717) is 12.2 Å². The van der Waals surface area contributed by atoms with E-state index in [1.54, 1.807) is 6.07 Å². The van der Waals surface area contributed by atoms with Gasteiger partial charge in [-0.15, -0.1) is 0 Å². The van der Waals surface area contributed by atoms with E-state index >= 15 is 0 Å². The van der Waals surface area contributed by atoms with Gasteiger partial charge < -0.3 is 10.6 Å². The van der Waals surface area contributed by atoms with Crippen LogP contribution in [-0.4, -0.2) is 11.9 Å². The van der Waals surface area contributed by atoms with Crippen LogP contribution in [0.5, 0.6) is 0 Å². The summed E-state index contributed by atoms with van der Waals surface area (Å²) in [5.74, 6) is -0.913. The van der Waals surface area contributed by atoms with Gasteiger partial charge in [0.1, 0.15) is 5.82 Å². The van der Waals surface area contributed by atoms with Crippen molar-refractivity contribution < 1.29 is 9.18 Å². The average molecular weight is 286 g/mol. The van der Waals surface area contributed by atoms with E-state index in [0.717, 1.165) is 5.56 Å². The molecule has 0 fully saturated rings. The zero-order chi connectivity index (χ0) is 15.2. The maximum atomic E-state index is 13.7. The zero-order valence-electron chi connectivity index (χ0n) is 12.2. The highest BCUT2D eigenvalue weighted by molar-refractivity contribution is 5.95. The average Bonchev–Trinajstić information content (AvgIpc) is 2.46. The first-order valence-corrected chi connectivity index (χ1v) is 6.94. The number of benzene rings is 2. The summed E-state index contributed by atoms with van der Waals surface area (Å²) in [5.41, 5.74) is 1.89. The van der Waals surface area contributed by atoms with Gasteiger partial charge >= 0.3 is 0 Å². The number of amides is 1. The van der Waals surface area contributed by atoms with E-state index in [-0.39, 0.29) is 11.6 Å². The predicted molar refractivity (Wildman–Crippen MR) is 82.8 cm³/mol. The molecule has 0 spiro atoms. The van der Waals surface area contributed by atoms with Gasteiger partial charge in [0, 0.05) is 18.3 Å². The van der Waals surface area contributed by atoms with E-state index in [1.807, 2.05) is 44.2 Å². The number of carbonyl (C=O) groups is 1. The largest absolute Gasteiger partial charge is 0.381 e. The Kier molecular flexibility index (Phi) is 4.93. The first-order chi connectivity index (χ1) is 10.1. The minimum atomic E-state index is -0.515. The molecular weight excluding hydrogens is 267 g/mol. The van der Waals surface area contributed by atoms with E-state index in [9.17, 15) is 9.18 Å². The fraction of sp³-hybridized carbons (Fsp3) is 0.235. The second kappa shape index (κ2) is 6.88. The quantitative estimate of drug-likeness (QED) is 0.882. The SMILES string of the molecule is CC(C)NC(=O)c1cc(NCc2ccccc2)ccc1F. The van der Waals surface area contributed by atoms with Crippen molar-refractivity contribution in [3.63, 3.8) is 0 Å². The van der Waals surface area contributed by atoms with Crippen molar-refractivity contribution in [2.24, 2.45) is 0 Å². The summed E-state index contributed by atoms with van der Waals surface area (Å²) in [6.45, 7) is 4.30. The number of halogens is 1. The lowest BCUT2D eigenvalue weighted by molar-refractivity contribution is 0.0939. The first kappa shape index (κ1) is 15.0. The molecular formula is C17H19FN2O. The van der Waals surface area contributed by atoms with Crippen LogP contribution in [0.2, 0.25) is 0 Å². The third kappa shape index (κ3) is 4.31. The van der Waals surface area contributed by atoms with Gasteiger partial charge in [-0.1, -0.05) is 30.3 Å². The number of anilines is 1. The molecule has 2 N–H and O–H groups in total. The van der Waals surface area contributed by atoms with Crippen LogP contribution in [0, 0.1) is 5.82 Å². The fourth-order valence-electron chi connectivity index (χ4n) is 1.95. The number of nitrogens with one attached hydrogen (secondary N) is 2. The molecule has 3 nitrogen and oxygen atoms in total. The summed E-state index contributed by atoms with van der Waals surface area (Å²) >= 11 is 0. The van der Waals surface area contributed by atoms with Crippen LogP contribution in [0.25, 0.3) is 0 Å². The molecule has 2 rings (SSSR count). The van der Waals surface area contributed by atoms with Crippen LogP contribution in [0.1, 0.15) is 29.8 Å². The van der Waals surface area contributed by atoms with Gasteiger partial charge in [-0.25, -0.2) is 4.39 Å². The van der Waals surface area contributed by atoms with Crippen molar-refractivity contribution in [2.75, 3.05) is 5.32 Å². The Bertz CT molecular complexity index is 611. The molecule has 0 atom stereocenters. The minimum absolute atomic E-state index is 0.0298. The van der Waals surface area contributed by atoms with Crippen molar-refractivity contribution in [2.45, 2.75) is 26.4 Å². The predicted octanol–water partition coefficient (Wildman–Crippen LogP) is 3.58. The van der Waals surface area contributed by atoms with Crippen LogP contribution in [0.15, 0.2) is 48.5 Å². The van der Waals surface area contributed by atoms with Crippen molar-refractivity contribution in [3.8, 4) is 0 Å². The van der Waals surface area contributed by atoms with Crippen molar-refractivity contribution in [1.29, 1.82) is 0 Å². The Hall–Kier alpha value is -2.36. The molecule has 110 valence electrons. The molecule has 0 radical (unpaired) electrons. The van der Waals surface area contributed by atoms with Crippen molar-refractivity contribution >= 4 is 11.6 Å². The molecule has 0 bridgehead atoms. The Morgan fingerprint density at radius 2 is 1.86 bits per heavy atom. The summed E-state index contributed by atoms with van der Waals surface area (Å²) < 4.78 is 13.7. The number of hydrogen-bond donors (Lipinski definition) is 2. The highest BCUT2D eigenvalue weighted by Crippen LogP contribution is 2.16. The third-order valence-electron chi connectivity index (χ3n) is 2.97. The van der Waals surface area contributed by atoms with Crippen LogP contribution >= 0.6 is 0 Å². The van der Waals surface area contributed by atoms with E-state index in [1.165, 1.54) is 12.1 Å². The third-order valence-corrected chi connectivity index (χ3v) is 2.97. The molecule has 4 heteroatoms. The molecule has 0 aliphatic rings. The van der Waals surface area contributed by atoms with E-state index in [2.05, 4.69) is 10.6 Å². The second-order valence-electron chi connectivity index (χ2n) is 5.16. The van der Waals surface area contributed by atoms with Gasteiger partial charge in [-0.3, -0.25) is 4.79 Å². The van der Waals surface area contributed by atoms with Crippen LogP contribution in [0.4, 0.5) is 10.1 Å². The Morgan fingerprint density at radius 1 is 1.14 bits per heavy atom. The molecule has 0 saturated carbocycles. The van der Waals surface area contributed by atoms with Gasteiger partial charge in [0.15, 0.2) is 0 Å². The molecule has 2 aromatic carbocycles. The molecule has 0 saturated heterocycles. The lowest BCUT2D eigenvalue weighted by atomic mass is 10.1. The molecule has 0 aliphatic heterocycles. The Balaban J connectivity index is 2.09. The van der Waals surface area contributed by atoms with Crippen molar-refractivity contribution in [1.82, 2.24) is 5.32 Å². The molecule has 0 heterocycles. The summed E-state index contributed by atoms with van der Waals surface area (Å²) in [5, 5.41) is 5.88. The molecule has 0 unspecified atom stereocenters. The maximum absolute atomic E-state index is 13.7. The fourth-order valence-corrected chi connectivity index (χ4v) is 1.95. The molecule has 21 heavy (non-hydrogen) atoms. The molecule has 1 amide bonds. The molecule has 2 aromatic rings. The summed E-state index contributed by atoms with van der Waals surface area (Å²) in [6.07, 6.45) is 0. The van der Waals surface area contributed by atoms with Gasteiger partial charge in [-0.05, 0) is 37.6 Å². The molecule has 0 aliphatic carbocycles. The lowest BCUT2D eigenvalue weighted by Crippen LogP contribution is -2.30. The van der Waals surface area contributed by atoms with E-state index < -0.39 is 11.7 Å². The Morgan fingerprint density at radius 3 is 2.52 bits per heavy atom. The van der Waals surface area contributed by atoms with Crippen LogP contribution < -0.4 is 10.6 Å². The topological polar surface area (TPSA) is 41.1 Å². The second-order valence-corrected chi connectivity index (χ2v) is 5.16. The smallest absolute Gasteiger partial charge is 0.254 e. The highest BCUT2D eigenvalue weighted by atomic mass is 19.1. The summed E-state index contributed by atoms with van der Waals surface area (Å²) in [4.78, 5) is 11.9. The number of hydrogen-bond acceptors (Lipinski definition) is 2. The lowest BCUT2D eigenvalue weighted by Gasteiger charge is -2.11. The highest BCUT2D eigenvalue weighted by Gasteiger charge is 2.13. The number of carbonyl (C=O) groups excluding carboxylic acids is 1. The standard InChI is InChI=1S/C17H19FN2O/c1-12(2)20-17(21)15-10-14(8-9-16(15)18)19-11-13-6-4-3-5-7-13/h3-10,12,19H,11H2,1-2H3,(H,20,21). The maximum Gasteiger partial charge on any atom is 0.254 e. The van der Waals surface area contributed by atoms with Crippen molar-refractivity contribution in [3.05, 3.63) is 65.5 Å². The van der Waals surface area contributed by atoms with Crippen LogP contribution in [0.3, 0.4) is 0 Å². The van der Waals surface area contributed by atoms with Gasteiger partial charge in [0.25, 0.3) is 5.91 Å². The normalized spacial score (nSPS) is 10.5. The zero-order valence-corrected chi connectivity index (χ0v) is 12.2. The summed E-state index contributed by atoms with van der Waals surface area (Å²) in [7, 11) is 0. The van der Waals surface area contributed by atoms with Gasteiger partial charge in [0.2, 0.25) is 0 Å². The first-order valence-electron chi connectivity index (χ1n) is 6.94. The van der Waals surface area contributed by atoms with Gasteiger partial charge in [-0.2, -0.15) is 0 Å².